The lowest BCUT2D eigenvalue weighted by Gasteiger charge is -2.23. The Balaban J connectivity index is 1.91. The van der Waals surface area contributed by atoms with Gasteiger partial charge in [-0.15, -0.1) is 0 Å². The first-order valence-corrected chi connectivity index (χ1v) is 10.4. The van der Waals surface area contributed by atoms with E-state index in [0.29, 0.717) is 11.6 Å². The van der Waals surface area contributed by atoms with Crippen LogP contribution in [0, 0.1) is 0 Å². The number of halogens is 1. The number of carbonyl (C=O) groups excluding carboxylic acids is 1. The van der Waals surface area contributed by atoms with Crippen molar-refractivity contribution in [1.29, 1.82) is 0 Å². The molecule has 2 rings (SSSR count). The molecule has 0 unspecified atom stereocenters. The molecule has 0 aliphatic carbocycles. The maximum absolute atomic E-state index is 12.3. The van der Waals surface area contributed by atoms with Gasteiger partial charge in [-0.3, -0.25) is 4.79 Å². The van der Waals surface area contributed by atoms with Gasteiger partial charge < -0.3 is 10.2 Å². The molecular weight excluding hydrogens is 386 g/mol. The minimum absolute atomic E-state index is 0.0142. The van der Waals surface area contributed by atoms with Gasteiger partial charge in [-0.2, -0.15) is 0 Å². The molecule has 0 saturated carbocycles. The molecule has 2 N–H and O–H groups in total. The van der Waals surface area contributed by atoms with Crippen molar-refractivity contribution in [2.24, 2.45) is 0 Å². The molecule has 1 atom stereocenters. The van der Waals surface area contributed by atoms with Gasteiger partial charge in [-0.25, -0.2) is 13.1 Å². The summed E-state index contributed by atoms with van der Waals surface area (Å²) in [6, 6.07) is 15.4. The van der Waals surface area contributed by atoms with Crippen LogP contribution < -0.4 is 10.0 Å². The van der Waals surface area contributed by atoms with Crippen LogP contribution in [0.25, 0.3) is 0 Å². The topological polar surface area (TPSA) is 78.5 Å². The fraction of sp³-hybridized carbons (Fsp3) is 0.316. The van der Waals surface area contributed by atoms with Crippen LogP contribution in [0.2, 0.25) is 5.02 Å². The summed E-state index contributed by atoms with van der Waals surface area (Å²) in [6.07, 6.45) is 0.0452. The van der Waals surface area contributed by atoms with Crippen LogP contribution in [0.1, 0.15) is 18.0 Å². The Labute approximate surface area is 165 Å². The highest BCUT2D eigenvalue weighted by molar-refractivity contribution is 7.89. The quantitative estimate of drug-likeness (QED) is 0.666. The van der Waals surface area contributed by atoms with Gasteiger partial charge in [0.25, 0.3) is 0 Å². The molecule has 0 saturated heterocycles. The molecule has 8 heteroatoms. The Morgan fingerprint density at radius 1 is 1.07 bits per heavy atom. The highest BCUT2D eigenvalue weighted by Gasteiger charge is 2.17. The number of rotatable bonds is 9. The highest BCUT2D eigenvalue weighted by Crippen LogP contribution is 2.15. The Hall–Kier alpha value is -1.93. The summed E-state index contributed by atoms with van der Waals surface area (Å²) >= 11 is 5.77. The number of carbonyl (C=O) groups is 1. The maximum Gasteiger partial charge on any atom is 0.240 e. The van der Waals surface area contributed by atoms with Crippen molar-refractivity contribution >= 4 is 27.5 Å². The molecule has 0 aliphatic heterocycles. The first-order valence-electron chi connectivity index (χ1n) is 8.52. The number of sulfonamides is 1. The number of hydrogen-bond acceptors (Lipinski definition) is 4. The highest BCUT2D eigenvalue weighted by atomic mass is 35.5. The average molecular weight is 410 g/mol. The predicted octanol–water partition coefficient (Wildman–Crippen LogP) is 2.43. The van der Waals surface area contributed by atoms with E-state index in [1.54, 1.807) is 0 Å². The minimum Gasteiger partial charge on any atom is -0.348 e. The van der Waals surface area contributed by atoms with E-state index in [2.05, 4.69) is 10.0 Å². The van der Waals surface area contributed by atoms with E-state index in [0.717, 1.165) is 5.56 Å². The van der Waals surface area contributed by atoms with Crippen molar-refractivity contribution in [2.75, 3.05) is 27.2 Å². The van der Waals surface area contributed by atoms with Crippen LogP contribution in [-0.4, -0.2) is 46.4 Å². The Morgan fingerprint density at radius 3 is 2.30 bits per heavy atom. The van der Waals surface area contributed by atoms with Crippen molar-refractivity contribution in [2.45, 2.75) is 17.4 Å². The lowest BCUT2D eigenvalue weighted by Crippen LogP contribution is -2.37. The van der Waals surface area contributed by atoms with Crippen LogP contribution in [0.15, 0.2) is 59.5 Å². The summed E-state index contributed by atoms with van der Waals surface area (Å²) in [4.78, 5) is 14.4. The van der Waals surface area contributed by atoms with Gasteiger partial charge in [0.15, 0.2) is 0 Å². The van der Waals surface area contributed by atoms with Gasteiger partial charge in [0.1, 0.15) is 0 Å². The van der Waals surface area contributed by atoms with Crippen molar-refractivity contribution < 1.29 is 13.2 Å². The van der Waals surface area contributed by atoms with Crippen LogP contribution in [0.3, 0.4) is 0 Å². The molecule has 6 nitrogen and oxygen atoms in total. The Bertz CT molecular complexity index is 840. The third kappa shape index (κ3) is 6.95. The van der Waals surface area contributed by atoms with Gasteiger partial charge in [-0.05, 0) is 43.9 Å². The van der Waals surface area contributed by atoms with Gasteiger partial charge in [-0.1, -0.05) is 41.9 Å². The number of likely N-dealkylation sites (N-methyl/N-ethyl adjacent to an activating group) is 1. The molecule has 146 valence electrons. The smallest absolute Gasteiger partial charge is 0.240 e. The van der Waals surface area contributed by atoms with Gasteiger partial charge in [0.2, 0.25) is 15.9 Å². The zero-order chi connectivity index (χ0) is 19.9. The largest absolute Gasteiger partial charge is 0.348 e. The molecule has 27 heavy (non-hydrogen) atoms. The Morgan fingerprint density at radius 2 is 1.70 bits per heavy atom. The van der Waals surface area contributed by atoms with Crippen LogP contribution in [-0.2, 0) is 14.8 Å². The van der Waals surface area contributed by atoms with Crippen molar-refractivity contribution in [3.63, 3.8) is 0 Å². The molecule has 2 aromatic rings. The molecule has 0 fully saturated rings. The molecular formula is C19H24ClN3O3S. The molecule has 2 aromatic carbocycles. The van der Waals surface area contributed by atoms with E-state index < -0.39 is 10.0 Å². The van der Waals surface area contributed by atoms with Crippen molar-refractivity contribution in [3.05, 3.63) is 65.2 Å². The summed E-state index contributed by atoms with van der Waals surface area (Å²) in [5.74, 6) is -0.218. The normalized spacial score (nSPS) is 12.7. The second-order valence-electron chi connectivity index (χ2n) is 6.39. The van der Waals surface area contributed by atoms with Crippen LogP contribution >= 0.6 is 11.6 Å². The van der Waals surface area contributed by atoms with Gasteiger partial charge in [0, 0.05) is 24.5 Å². The summed E-state index contributed by atoms with van der Waals surface area (Å²) in [5.41, 5.74) is 1.00. The number of amides is 1. The molecule has 0 aliphatic rings. The summed E-state index contributed by atoms with van der Waals surface area (Å²) in [6.45, 7) is 0.659. The number of nitrogens with one attached hydrogen (secondary N) is 2. The van der Waals surface area contributed by atoms with Crippen LogP contribution in [0.4, 0.5) is 0 Å². The fourth-order valence-corrected chi connectivity index (χ4v) is 3.71. The first-order chi connectivity index (χ1) is 12.8. The van der Waals surface area contributed by atoms with E-state index in [4.69, 9.17) is 11.6 Å². The van der Waals surface area contributed by atoms with Gasteiger partial charge in [0.05, 0.1) is 10.9 Å². The minimum atomic E-state index is -3.67. The van der Waals surface area contributed by atoms with E-state index in [1.165, 1.54) is 24.3 Å². The first kappa shape index (κ1) is 21.4. The van der Waals surface area contributed by atoms with E-state index in [-0.39, 0.29) is 29.8 Å². The zero-order valence-electron chi connectivity index (χ0n) is 15.4. The Kier molecular flexibility index (Phi) is 7.79. The molecule has 0 radical (unpaired) electrons. The average Bonchev–Trinajstić information content (AvgIpc) is 2.62. The second-order valence-corrected chi connectivity index (χ2v) is 8.60. The van der Waals surface area contributed by atoms with Crippen LogP contribution in [0.5, 0.6) is 0 Å². The monoisotopic (exact) mass is 409 g/mol. The molecule has 0 aromatic heterocycles. The van der Waals surface area contributed by atoms with Crippen molar-refractivity contribution in [1.82, 2.24) is 14.9 Å². The molecule has 0 heterocycles. The number of hydrogen-bond donors (Lipinski definition) is 2. The third-order valence-corrected chi connectivity index (χ3v) is 5.58. The van der Waals surface area contributed by atoms with Crippen molar-refractivity contribution in [3.8, 4) is 0 Å². The van der Waals surface area contributed by atoms with E-state index in [9.17, 15) is 13.2 Å². The summed E-state index contributed by atoms with van der Waals surface area (Å²) in [7, 11) is 0.197. The molecule has 0 bridgehead atoms. The number of nitrogens with zero attached hydrogens (tertiary/aromatic N) is 1. The lowest BCUT2D eigenvalue weighted by atomic mass is 10.1. The summed E-state index contributed by atoms with van der Waals surface area (Å²) in [5, 5.41) is 3.42. The fourth-order valence-electron chi connectivity index (χ4n) is 2.55. The second kappa shape index (κ2) is 9.85. The SMILES string of the molecule is CN(C)C[C@@H](NC(=O)CCNS(=O)(=O)c1ccc(Cl)cc1)c1ccccc1. The van der Waals surface area contributed by atoms with Gasteiger partial charge >= 0.3 is 0 Å². The zero-order valence-corrected chi connectivity index (χ0v) is 16.9. The summed E-state index contributed by atoms with van der Waals surface area (Å²) < 4.78 is 26.9. The van der Waals surface area contributed by atoms with E-state index in [1.807, 2.05) is 49.3 Å². The molecule has 1 amide bonds. The standard InChI is InChI=1S/C19H24ClN3O3S/c1-23(2)14-18(15-6-4-3-5-7-15)22-19(24)12-13-21-27(25,26)17-10-8-16(20)9-11-17/h3-11,18,21H,12-14H2,1-2H3,(H,22,24)/t18-/m1/s1. The molecule has 0 spiro atoms. The number of benzene rings is 2. The lowest BCUT2D eigenvalue weighted by molar-refractivity contribution is -0.121. The maximum atomic E-state index is 12.3. The van der Waals surface area contributed by atoms with E-state index >= 15 is 0 Å². The predicted molar refractivity (Wildman–Crippen MR) is 107 cm³/mol. The third-order valence-electron chi connectivity index (χ3n) is 3.85.